The van der Waals surface area contributed by atoms with Gasteiger partial charge >= 0.3 is 0 Å². The fourth-order valence-electron chi connectivity index (χ4n) is 1.49. The third kappa shape index (κ3) is 7.15. The van der Waals surface area contributed by atoms with Gasteiger partial charge in [-0.3, -0.25) is 4.67 Å². The minimum absolute atomic E-state index is 0.110. The summed E-state index contributed by atoms with van der Waals surface area (Å²) in [6, 6.07) is 0. The van der Waals surface area contributed by atoms with Crippen molar-refractivity contribution < 1.29 is 0 Å². The molecule has 0 aromatic heterocycles. The molecule has 1 aliphatic rings. The van der Waals surface area contributed by atoms with E-state index in [2.05, 4.69) is 23.0 Å². The summed E-state index contributed by atoms with van der Waals surface area (Å²) in [4.78, 5) is 0. The molecule has 15 heavy (non-hydrogen) atoms. The molecule has 0 aliphatic carbocycles. The molecule has 0 spiro atoms. The first-order chi connectivity index (χ1) is 7.38. The normalized spacial score (nSPS) is 18.3. The molecule has 1 nitrogen and oxygen atoms in total. The smallest absolute Gasteiger partial charge is 0.161 e. The molecule has 0 N–H and O–H groups in total. The van der Waals surface area contributed by atoms with Crippen LogP contribution in [0.3, 0.4) is 0 Å². The SMILES string of the molecule is CC.[B]SCCSP(CC)N1CCCC1. The van der Waals surface area contributed by atoms with Gasteiger partial charge in [-0.15, -0.1) is 11.4 Å². The molecule has 5 heteroatoms. The Morgan fingerprint density at radius 2 is 1.80 bits per heavy atom. The van der Waals surface area contributed by atoms with Crippen LogP contribution in [0.2, 0.25) is 0 Å². The summed E-state index contributed by atoms with van der Waals surface area (Å²) in [5, 5.41) is 0. The molecule has 0 amide bonds. The standard InChI is InChI=1S/C8H17BNPS2.C2H6/c1-2-11(13-8-7-12-9)10-5-3-4-6-10;1-2/h2-8H2,1H3;1-2H3. The minimum Gasteiger partial charge on any atom is -0.274 e. The van der Waals surface area contributed by atoms with Crippen LogP contribution in [0, 0.1) is 0 Å². The third-order valence-corrected chi connectivity index (χ3v) is 7.97. The topological polar surface area (TPSA) is 3.24 Å². The van der Waals surface area contributed by atoms with Crippen molar-refractivity contribution in [1.82, 2.24) is 4.67 Å². The van der Waals surface area contributed by atoms with Crippen LogP contribution in [-0.2, 0) is 0 Å². The summed E-state index contributed by atoms with van der Waals surface area (Å²) in [7, 11) is 5.52. The number of nitrogens with zero attached hydrogens (tertiary/aromatic N) is 1. The third-order valence-electron chi connectivity index (χ3n) is 2.11. The molecule has 0 aromatic rings. The van der Waals surface area contributed by atoms with Gasteiger partial charge in [-0.25, -0.2) is 11.6 Å². The second-order valence-corrected chi connectivity index (χ2v) is 8.38. The highest BCUT2D eigenvalue weighted by Crippen LogP contribution is 2.53. The van der Waals surface area contributed by atoms with Gasteiger partial charge in [0.15, 0.2) is 7.12 Å². The van der Waals surface area contributed by atoms with Crippen LogP contribution in [-0.4, -0.2) is 42.6 Å². The van der Waals surface area contributed by atoms with Crippen LogP contribution >= 0.6 is 30.3 Å². The van der Waals surface area contributed by atoms with E-state index in [1.165, 1.54) is 49.5 Å². The molecule has 88 valence electrons. The van der Waals surface area contributed by atoms with E-state index >= 15 is 0 Å². The Hall–Kier alpha value is 1.15. The van der Waals surface area contributed by atoms with Gasteiger partial charge in [0.05, 0.1) is 0 Å². The first-order valence-electron chi connectivity index (χ1n) is 5.85. The lowest BCUT2D eigenvalue weighted by Gasteiger charge is -2.25. The summed E-state index contributed by atoms with van der Waals surface area (Å²) in [5.74, 6) is 2.31. The van der Waals surface area contributed by atoms with E-state index in [4.69, 9.17) is 7.12 Å². The summed E-state index contributed by atoms with van der Waals surface area (Å²) < 4.78 is 2.68. The molecule has 1 saturated heterocycles. The van der Waals surface area contributed by atoms with Crippen molar-refractivity contribution in [3.63, 3.8) is 0 Å². The molecule has 1 rings (SSSR count). The van der Waals surface area contributed by atoms with Gasteiger partial charge < -0.3 is 0 Å². The summed E-state index contributed by atoms with van der Waals surface area (Å²) >= 11 is 3.60. The van der Waals surface area contributed by atoms with Gasteiger partial charge in [0.25, 0.3) is 0 Å². The van der Waals surface area contributed by atoms with Gasteiger partial charge in [-0.2, -0.15) is 0 Å². The molecule has 0 bridgehead atoms. The maximum absolute atomic E-state index is 5.41. The van der Waals surface area contributed by atoms with Crippen molar-refractivity contribution in [3.8, 4) is 0 Å². The molecule has 1 heterocycles. The highest BCUT2D eigenvalue weighted by molar-refractivity contribution is 8.55. The fraction of sp³-hybridized carbons (Fsp3) is 1.00. The average molecular weight is 263 g/mol. The van der Waals surface area contributed by atoms with E-state index < -0.39 is 0 Å². The van der Waals surface area contributed by atoms with Gasteiger partial charge in [-0.05, 0) is 24.8 Å². The maximum Gasteiger partial charge on any atom is 0.161 e. The van der Waals surface area contributed by atoms with E-state index in [1.807, 2.05) is 13.8 Å². The molecule has 2 radical (unpaired) electrons. The van der Waals surface area contributed by atoms with E-state index in [-0.39, 0.29) is 7.27 Å². The molecular weight excluding hydrogens is 240 g/mol. The zero-order chi connectivity index (χ0) is 11.5. The Morgan fingerprint density at radius 3 is 2.27 bits per heavy atom. The first-order valence-corrected chi connectivity index (χ1v) is 9.97. The van der Waals surface area contributed by atoms with Gasteiger partial charge in [0, 0.05) is 26.1 Å². The molecule has 1 unspecified atom stereocenters. The zero-order valence-electron chi connectivity index (χ0n) is 10.2. The van der Waals surface area contributed by atoms with Crippen molar-refractivity contribution in [3.05, 3.63) is 0 Å². The van der Waals surface area contributed by atoms with Crippen LogP contribution in [0.5, 0.6) is 0 Å². The number of rotatable bonds is 6. The van der Waals surface area contributed by atoms with Crippen LogP contribution in [0.25, 0.3) is 0 Å². The lowest BCUT2D eigenvalue weighted by Crippen LogP contribution is -2.12. The van der Waals surface area contributed by atoms with Crippen LogP contribution < -0.4 is 0 Å². The molecule has 0 saturated carbocycles. The van der Waals surface area contributed by atoms with Gasteiger partial charge in [-0.1, -0.05) is 20.8 Å². The van der Waals surface area contributed by atoms with Crippen LogP contribution in [0.1, 0.15) is 33.6 Å². The van der Waals surface area contributed by atoms with Crippen molar-refractivity contribution in [1.29, 1.82) is 0 Å². The highest BCUT2D eigenvalue weighted by atomic mass is 32.7. The quantitative estimate of drug-likeness (QED) is 0.405. The Balaban J connectivity index is 0.000000921. The monoisotopic (exact) mass is 263 g/mol. The van der Waals surface area contributed by atoms with E-state index in [1.54, 1.807) is 0 Å². The van der Waals surface area contributed by atoms with Crippen molar-refractivity contribution in [2.75, 3.05) is 30.8 Å². The van der Waals surface area contributed by atoms with Crippen LogP contribution in [0.15, 0.2) is 0 Å². The predicted octanol–water partition coefficient (Wildman–Crippen LogP) is 3.99. The lowest BCUT2D eigenvalue weighted by atomic mass is 10.4. The highest BCUT2D eigenvalue weighted by Gasteiger charge is 2.20. The Labute approximate surface area is 106 Å². The van der Waals surface area contributed by atoms with Crippen molar-refractivity contribution in [2.45, 2.75) is 33.6 Å². The lowest BCUT2D eigenvalue weighted by molar-refractivity contribution is 0.573. The minimum atomic E-state index is 0.110. The summed E-state index contributed by atoms with van der Waals surface area (Å²) in [6.45, 7) is 8.98. The summed E-state index contributed by atoms with van der Waals surface area (Å²) in [6.07, 6.45) is 4.14. The Bertz CT molecular complexity index is 135. The van der Waals surface area contributed by atoms with Crippen molar-refractivity contribution in [2.24, 2.45) is 0 Å². The number of hydrogen-bond acceptors (Lipinski definition) is 3. The maximum atomic E-state index is 5.41. The molecule has 0 aromatic carbocycles. The fourth-order valence-corrected chi connectivity index (χ4v) is 6.69. The van der Waals surface area contributed by atoms with Crippen LogP contribution in [0.4, 0.5) is 0 Å². The first kappa shape index (κ1) is 16.2. The van der Waals surface area contributed by atoms with E-state index in [0.717, 1.165) is 5.75 Å². The molecule has 1 fully saturated rings. The molecular formula is C10H23BNPS2. The van der Waals surface area contributed by atoms with Gasteiger partial charge in [0.2, 0.25) is 0 Å². The van der Waals surface area contributed by atoms with Crippen molar-refractivity contribution >= 4 is 37.4 Å². The zero-order valence-corrected chi connectivity index (χ0v) is 12.8. The number of hydrogen-bond donors (Lipinski definition) is 0. The average Bonchev–Trinajstić information content (AvgIpc) is 2.81. The summed E-state index contributed by atoms with van der Waals surface area (Å²) in [5.41, 5.74) is 0. The largest absolute Gasteiger partial charge is 0.274 e. The second kappa shape index (κ2) is 11.6. The molecule has 1 aliphatic heterocycles. The van der Waals surface area contributed by atoms with E-state index in [0.29, 0.717) is 0 Å². The van der Waals surface area contributed by atoms with Gasteiger partial charge in [0.1, 0.15) is 0 Å². The second-order valence-electron chi connectivity index (χ2n) is 3.03. The van der Waals surface area contributed by atoms with E-state index in [9.17, 15) is 0 Å². The Kier molecular flexibility index (Phi) is 12.5. The predicted molar refractivity (Wildman–Crippen MR) is 80.3 cm³/mol. The molecule has 1 atom stereocenters. The Morgan fingerprint density at radius 1 is 1.20 bits per heavy atom.